The van der Waals surface area contributed by atoms with Crippen LogP contribution in [0.5, 0.6) is 0 Å². The average molecular weight is 282 g/mol. The van der Waals surface area contributed by atoms with Crippen LogP contribution < -0.4 is 11.1 Å². The molecule has 2 fully saturated rings. The number of amides is 1. The molecule has 2 saturated heterocycles. The molecule has 20 heavy (non-hydrogen) atoms. The number of nitrogens with zero attached hydrogens (tertiary/aromatic N) is 2. The lowest BCUT2D eigenvalue weighted by Gasteiger charge is -2.46. The van der Waals surface area contributed by atoms with E-state index in [0.29, 0.717) is 19.0 Å². The Bertz CT molecular complexity index is 321. The summed E-state index contributed by atoms with van der Waals surface area (Å²) in [6, 6.07) is 1.08. The van der Waals surface area contributed by atoms with Crippen LogP contribution in [0.2, 0.25) is 0 Å². The highest BCUT2D eigenvalue weighted by molar-refractivity contribution is 5.76. The Kier molecular flexibility index (Phi) is 5.81. The molecular weight excluding hydrogens is 252 g/mol. The first-order valence-corrected chi connectivity index (χ1v) is 8.07. The van der Waals surface area contributed by atoms with Crippen LogP contribution in [0.25, 0.3) is 0 Å². The van der Waals surface area contributed by atoms with Crippen molar-refractivity contribution >= 4 is 5.91 Å². The van der Waals surface area contributed by atoms with E-state index in [9.17, 15) is 4.79 Å². The summed E-state index contributed by atoms with van der Waals surface area (Å²) in [7, 11) is 0. The first-order chi connectivity index (χ1) is 9.60. The molecule has 0 bridgehead atoms. The predicted molar refractivity (Wildman–Crippen MR) is 81.5 cm³/mol. The predicted octanol–water partition coefficient (Wildman–Crippen LogP) is 0.399. The Balaban J connectivity index is 1.86. The van der Waals surface area contributed by atoms with Gasteiger partial charge in [-0.3, -0.25) is 14.6 Å². The SMILES string of the molecule is CC(C)NC(=O)CC(CN)N1CCN2CCCCC2C1. The van der Waals surface area contributed by atoms with Crippen LogP contribution in [0.15, 0.2) is 0 Å². The van der Waals surface area contributed by atoms with E-state index in [1.165, 1.54) is 25.8 Å². The van der Waals surface area contributed by atoms with Crippen molar-refractivity contribution in [2.24, 2.45) is 5.73 Å². The van der Waals surface area contributed by atoms with Gasteiger partial charge in [0.15, 0.2) is 0 Å². The van der Waals surface area contributed by atoms with E-state index >= 15 is 0 Å². The second kappa shape index (κ2) is 7.38. The zero-order chi connectivity index (χ0) is 14.5. The van der Waals surface area contributed by atoms with E-state index in [-0.39, 0.29) is 18.0 Å². The van der Waals surface area contributed by atoms with Gasteiger partial charge < -0.3 is 11.1 Å². The summed E-state index contributed by atoms with van der Waals surface area (Å²) < 4.78 is 0. The Hall–Kier alpha value is -0.650. The van der Waals surface area contributed by atoms with Crippen molar-refractivity contribution in [3.05, 3.63) is 0 Å². The van der Waals surface area contributed by atoms with Gasteiger partial charge in [-0.15, -0.1) is 0 Å². The maximum atomic E-state index is 11.9. The maximum Gasteiger partial charge on any atom is 0.221 e. The summed E-state index contributed by atoms with van der Waals surface area (Å²) in [5.41, 5.74) is 5.92. The molecule has 0 aliphatic carbocycles. The third-order valence-corrected chi connectivity index (χ3v) is 4.53. The number of fused-ring (bicyclic) bond motifs is 1. The highest BCUT2D eigenvalue weighted by atomic mass is 16.1. The third kappa shape index (κ3) is 4.17. The summed E-state index contributed by atoms with van der Waals surface area (Å²) in [5.74, 6) is 0.126. The van der Waals surface area contributed by atoms with Crippen LogP contribution >= 0.6 is 0 Å². The van der Waals surface area contributed by atoms with Crippen LogP contribution in [-0.4, -0.2) is 66.6 Å². The largest absolute Gasteiger partial charge is 0.354 e. The number of hydrogen-bond acceptors (Lipinski definition) is 4. The highest BCUT2D eigenvalue weighted by Gasteiger charge is 2.32. The molecule has 0 spiro atoms. The van der Waals surface area contributed by atoms with Gasteiger partial charge in [-0.1, -0.05) is 6.42 Å². The molecule has 1 amide bonds. The molecule has 5 heteroatoms. The summed E-state index contributed by atoms with van der Waals surface area (Å²) in [4.78, 5) is 17.0. The van der Waals surface area contributed by atoms with Gasteiger partial charge in [-0.25, -0.2) is 0 Å². The number of carbonyl (C=O) groups excluding carboxylic acids is 1. The van der Waals surface area contributed by atoms with Crippen molar-refractivity contribution in [2.75, 3.05) is 32.7 Å². The molecule has 0 aromatic heterocycles. The highest BCUT2D eigenvalue weighted by Crippen LogP contribution is 2.22. The Morgan fingerprint density at radius 2 is 2.10 bits per heavy atom. The number of piperazine rings is 1. The van der Waals surface area contributed by atoms with Crippen LogP contribution in [0.3, 0.4) is 0 Å². The lowest BCUT2D eigenvalue weighted by Crippen LogP contribution is -2.59. The number of hydrogen-bond donors (Lipinski definition) is 2. The lowest BCUT2D eigenvalue weighted by molar-refractivity contribution is -0.123. The monoisotopic (exact) mass is 282 g/mol. The molecule has 0 radical (unpaired) electrons. The Labute approximate surface area is 122 Å². The van der Waals surface area contributed by atoms with Gasteiger partial charge in [0.1, 0.15) is 0 Å². The second-order valence-corrected chi connectivity index (χ2v) is 6.50. The standard InChI is InChI=1S/C15H30N4O/c1-12(2)17-15(20)9-14(10-16)19-8-7-18-6-4-3-5-13(18)11-19/h12-14H,3-11,16H2,1-2H3,(H,17,20). The van der Waals surface area contributed by atoms with Crippen molar-refractivity contribution in [1.29, 1.82) is 0 Å². The zero-order valence-corrected chi connectivity index (χ0v) is 13.0. The number of piperidine rings is 1. The normalized spacial score (nSPS) is 26.3. The van der Waals surface area contributed by atoms with Crippen molar-refractivity contribution in [1.82, 2.24) is 15.1 Å². The minimum Gasteiger partial charge on any atom is -0.354 e. The van der Waals surface area contributed by atoms with Crippen molar-refractivity contribution in [2.45, 2.75) is 57.7 Å². The van der Waals surface area contributed by atoms with Gasteiger partial charge in [0.05, 0.1) is 0 Å². The fourth-order valence-electron chi connectivity index (χ4n) is 3.47. The average Bonchev–Trinajstić information content (AvgIpc) is 2.43. The van der Waals surface area contributed by atoms with Crippen LogP contribution in [0, 0.1) is 0 Å². The van der Waals surface area contributed by atoms with E-state index < -0.39 is 0 Å². The van der Waals surface area contributed by atoms with Gasteiger partial charge in [-0.05, 0) is 33.2 Å². The minimum atomic E-state index is 0.126. The van der Waals surface area contributed by atoms with E-state index in [2.05, 4.69) is 15.1 Å². The zero-order valence-electron chi connectivity index (χ0n) is 13.0. The van der Waals surface area contributed by atoms with E-state index in [1.807, 2.05) is 13.8 Å². The Morgan fingerprint density at radius 1 is 1.30 bits per heavy atom. The molecule has 5 nitrogen and oxygen atoms in total. The van der Waals surface area contributed by atoms with Crippen LogP contribution in [-0.2, 0) is 4.79 Å². The fraction of sp³-hybridized carbons (Fsp3) is 0.933. The van der Waals surface area contributed by atoms with E-state index in [4.69, 9.17) is 5.73 Å². The quantitative estimate of drug-likeness (QED) is 0.766. The molecule has 2 aliphatic heterocycles. The third-order valence-electron chi connectivity index (χ3n) is 4.53. The van der Waals surface area contributed by atoms with Gasteiger partial charge in [-0.2, -0.15) is 0 Å². The topological polar surface area (TPSA) is 61.6 Å². The molecule has 3 N–H and O–H groups in total. The Morgan fingerprint density at radius 3 is 2.80 bits per heavy atom. The second-order valence-electron chi connectivity index (χ2n) is 6.50. The molecule has 2 rings (SSSR count). The molecule has 2 unspecified atom stereocenters. The number of rotatable bonds is 5. The maximum absolute atomic E-state index is 11.9. The van der Waals surface area contributed by atoms with Crippen LogP contribution in [0.1, 0.15) is 39.5 Å². The van der Waals surface area contributed by atoms with Gasteiger partial charge in [0, 0.05) is 50.7 Å². The van der Waals surface area contributed by atoms with E-state index in [1.54, 1.807) is 0 Å². The van der Waals surface area contributed by atoms with Crippen molar-refractivity contribution in [3.8, 4) is 0 Å². The number of nitrogens with two attached hydrogens (primary N) is 1. The molecule has 116 valence electrons. The number of nitrogens with one attached hydrogen (secondary N) is 1. The van der Waals surface area contributed by atoms with Crippen molar-refractivity contribution in [3.63, 3.8) is 0 Å². The van der Waals surface area contributed by atoms with Gasteiger partial charge >= 0.3 is 0 Å². The summed E-state index contributed by atoms with van der Waals surface area (Å²) in [6.07, 6.45) is 4.51. The molecule has 0 aromatic carbocycles. The molecule has 0 aromatic rings. The molecule has 2 heterocycles. The summed E-state index contributed by atoms with van der Waals surface area (Å²) in [6.45, 7) is 9.07. The lowest BCUT2D eigenvalue weighted by atomic mass is 9.98. The molecular formula is C15H30N4O. The first kappa shape index (κ1) is 15.7. The van der Waals surface area contributed by atoms with E-state index in [0.717, 1.165) is 19.6 Å². The first-order valence-electron chi connectivity index (χ1n) is 8.07. The van der Waals surface area contributed by atoms with Crippen molar-refractivity contribution < 1.29 is 4.79 Å². The van der Waals surface area contributed by atoms with Gasteiger partial charge in [0.25, 0.3) is 0 Å². The summed E-state index contributed by atoms with van der Waals surface area (Å²) in [5, 5.41) is 2.97. The molecule has 2 atom stereocenters. The molecule has 0 saturated carbocycles. The smallest absolute Gasteiger partial charge is 0.221 e. The molecule has 2 aliphatic rings. The fourth-order valence-corrected chi connectivity index (χ4v) is 3.47. The van der Waals surface area contributed by atoms with Gasteiger partial charge in [0.2, 0.25) is 5.91 Å². The van der Waals surface area contributed by atoms with Crippen LogP contribution in [0.4, 0.5) is 0 Å². The summed E-state index contributed by atoms with van der Waals surface area (Å²) >= 11 is 0. The number of carbonyl (C=O) groups is 1. The minimum absolute atomic E-state index is 0.126.